The lowest BCUT2D eigenvalue weighted by molar-refractivity contribution is 0.0530. The van der Waals surface area contributed by atoms with Crippen LogP contribution in [0.2, 0.25) is 0 Å². The third-order valence-corrected chi connectivity index (χ3v) is 7.81. The van der Waals surface area contributed by atoms with Crippen molar-refractivity contribution in [3.8, 4) is 34.4 Å². The van der Waals surface area contributed by atoms with E-state index in [9.17, 15) is 15.3 Å². The van der Waals surface area contributed by atoms with Crippen LogP contribution < -0.4 is 0 Å². The van der Waals surface area contributed by atoms with Crippen LogP contribution in [0.4, 0.5) is 16.2 Å². The maximum atomic E-state index is 12.5. The summed E-state index contributed by atoms with van der Waals surface area (Å²) in [6, 6.07) is 18.7. The van der Waals surface area contributed by atoms with E-state index < -0.39 is 11.7 Å². The summed E-state index contributed by atoms with van der Waals surface area (Å²) in [4.78, 5) is 22.5. The van der Waals surface area contributed by atoms with Crippen molar-refractivity contribution in [2.24, 2.45) is 0 Å². The molecule has 10 heteroatoms. The summed E-state index contributed by atoms with van der Waals surface area (Å²) in [5.41, 5.74) is 6.59. The van der Waals surface area contributed by atoms with Crippen LogP contribution in [0, 0.1) is 53.4 Å². The smallest absolute Gasteiger partial charge is 0.419 e. The van der Waals surface area contributed by atoms with E-state index in [0.29, 0.717) is 37.5 Å². The van der Waals surface area contributed by atoms with Crippen LogP contribution in [-0.2, 0) is 4.74 Å². The molecule has 0 bridgehead atoms. The molecule has 1 N–H and O–H groups in total. The molecule has 8 nitrogen and oxygen atoms in total. The fourth-order valence-corrected chi connectivity index (χ4v) is 5.81. The molecule has 212 valence electrons. The number of aryl methyl sites for hydroxylation is 1. The van der Waals surface area contributed by atoms with Gasteiger partial charge in [-0.15, -0.1) is 11.8 Å². The number of carbonyl (C=O) groups is 1. The SMILES string of the molecule is [2HH].[C-]#[N+]c1ccc(-c2c(C#N)c(I)n(C(=O)OC(C)(C)C)c2C)cc1.[C-]#[N+]c1ccc(-c2c(C)[nH]c(SC)c2C#N)cc1. The van der Waals surface area contributed by atoms with E-state index in [0.717, 1.165) is 27.4 Å². The lowest BCUT2D eigenvalue weighted by Crippen LogP contribution is -2.28. The van der Waals surface area contributed by atoms with Crippen molar-refractivity contribution < 1.29 is 11.0 Å². The Labute approximate surface area is 265 Å². The normalized spacial score (nSPS) is 10.4. The van der Waals surface area contributed by atoms with Crippen molar-refractivity contribution in [2.75, 3.05) is 6.26 Å². The molecule has 0 unspecified atom stereocenters. The van der Waals surface area contributed by atoms with Gasteiger partial charge in [-0.2, -0.15) is 10.5 Å². The Morgan fingerprint density at radius 2 is 1.43 bits per heavy atom. The first-order chi connectivity index (χ1) is 19.9. The van der Waals surface area contributed by atoms with Gasteiger partial charge in [0.1, 0.15) is 21.4 Å². The highest BCUT2D eigenvalue weighted by Gasteiger charge is 2.27. The highest BCUT2D eigenvalue weighted by atomic mass is 127. The highest BCUT2D eigenvalue weighted by Crippen LogP contribution is 2.35. The molecule has 0 saturated carbocycles. The van der Waals surface area contributed by atoms with Gasteiger partial charge >= 0.3 is 6.09 Å². The number of hydrogen-bond acceptors (Lipinski definition) is 5. The second-order valence-electron chi connectivity index (χ2n) is 10.0. The van der Waals surface area contributed by atoms with Crippen molar-refractivity contribution >= 4 is 51.8 Å². The molecular weight excluding hydrogens is 659 g/mol. The molecule has 2 aromatic heterocycles. The van der Waals surface area contributed by atoms with E-state index in [4.69, 9.17) is 17.9 Å². The van der Waals surface area contributed by atoms with Gasteiger partial charge < -0.3 is 9.72 Å². The molecule has 0 spiro atoms. The van der Waals surface area contributed by atoms with Gasteiger partial charge in [0.15, 0.2) is 11.4 Å². The number of nitriles is 2. The molecule has 4 aromatic rings. The maximum absolute atomic E-state index is 12.5. The molecule has 2 heterocycles. The van der Waals surface area contributed by atoms with Crippen LogP contribution >= 0.6 is 34.4 Å². The summed E-state index contributed by atoms with van der Waals surface area (Å²) in [6.45, 7) is 23.1. The Morgan fingerprint density at radius 1 is 0.952 bits per heavy atom. The highest BCUT2D eigenvalue weighted by molar-refractivity contribution is 14.1. The number of rotatable bonds is 3. The summed E-state index contributed by atoms with van der Waals surface area (Å²) < 4.78 is 7.38. The molecule has 0 saturated heterocycles. The monoisotopic (exact) mass is 689 g/mol. The van der Waals surface area contributed by atoms with E-state index >= 15 is 0 Å². The molecule has 2 aromatic carbocycles. The molecule has 0 radical (unpaired) electrons. The van der Waals surface area contributed by atoms with Gasteiger partial charge in [0.2, 0.25) is 0 Å². The zero-order chi connectivity index (χ0) is 31.2. The van der Waals surface area contributed by atoms with Crippen molar-refractivity contribution in [3.63, 3.8) is 0 Å². The van der Waals surface area contributed by atoms with E-state index in [1.54, 1.807) is 64.1 Å². The van der Waals surface area contributed by atoms with Crippen molar-refractivity contribution in [3.05, 3.63) is 97.6 Å². The molecule has 0 aliphatic carbocycles. The number of halogens is 1. The predicted molar refractivity (Wildman–Crippen MR) is 176 cm³/mol. The Bertz CT molecular complexity index is 1810. The number of ether oxygens (including phenoxy) is 1. The Balaban J connectivity index is 0.000000304. The standard InChI is InChI=1S/C18H16IN3O2.C14H11N3S.H2/c1-11-15(12-6-8-13(21-5)9-7-12)14(10-20)16(19)22(11)17(23)24-18(2,3)4;1-9-13(12(8-15)14(17-9)18-3)10-4-6-11(16-2)7-5-10;/h6-9H,1-4H3;4-7,17H,1,3H3;1H/i;;1+1. The minimum absolute atomic E-state index is 0. The van der Waals surface area contributed by atoms with Gasteiger partial charge in [-0.1, -0.05) is 48.5 Å². The Morgan fingerprint density at radius 3 is 1.83 bits per heavy atom. The number of nitrogens with zero attached hydrogens (tertiary/aromatic N) is 5. The summed E-state index contributed by atoms with van der Waals surface area (Å²) in [5.74, 6) is 0. The minimum atomic E-state index is -0.624. The third-order valence-electron chi connectivity index (χ3n) is 6.08. The summed E-state index contributed by atoms with van der Waals surface area (Å²) in [6.07, 6.45) is 1.43. The lowest BCUT2D eigenvalue weighted by atomic mass is 10.0. The molecule has 42 heavy (non-hydrogen) atoms. The number of benzene rings is 2. The van der Waals surface area contributed by atoms with Crippen LogP contribution in [0.15, 0.2) is 53.6 Å². The lowest BCUT2D eigenvalue weighted by Gasteiger charge is -2.20. The minimum Gasteiger partial charge on any atom is -0.443 e. The number of aromatic nitrogens is 2. The van der Waals surface area contributed by atoms with Crippen LogP contribution in [0.3, 0.4) is 0 Å². The van der Waals surface area contributed by atoms with Gasteiger partial charge in [-0.05, 0) is 74.6 Å². The second-order valence-corrected chi connectivity index (χ2v) is 11.9. The van der Waals surface area contributed by atoms with Gasteiger partial charge in [-0.3, -0.25) is 0 Å². The van der Waals surface area contributed by atoms with Gasteiger partial charge in [0, 0.05) is 23.9 Å². The number of H-pyrrole nitrogens is 1. The second kappa shape index (κ2) is 13.4. The zero-order valence-corrected chi connectivity index (χ0v) is 26.9. The van der Waals surface area contributed by atoms with Gasteiger partial charge in [-0.25, -0.2) is 19.1 Å². The van der Waals surface area contributed by atoms with Crippen LogP contribution in [-0.4, -0.2) is 27.5 Å². The predicted octanol–water partition coefficient (Wildman–Crippen LogP) is 9.65. The molecule has 0 aliphatic heterocycles. The summed E-state index contributed by atoms with van der Waals surface area (Å²) >= 11 is 3.52. The molecule has 0 fully saturated rings. The fourth-order valence-electron chi connectivity index (χ4n) is 4.26. The number of thioether (sulfide) groups is 1. The van der Waals surface area contributed by atoms with E-state index in [1.807, 2.05) is 47.9 Å². The fraction of sp³-hybridized carbons (Fsp3) is 0.219. The number of carbonyl (C=O) groups excluding carboxylic acids is 1. The zero-order valence-electron chi connectivity index (χ0n) is 24.0. The van der Waals surface area contributed by atoms with E-state index in [1.165, 1.54) is 16.3 Å². The van der Waals surface area contributed by atoms with E-state index in [2.05, 4.69) is 26.8 Å². The Kier molecular flexibility index (Phi) is 10.3. The summed E-state index contributed by atoms with van der Waals surface area (Å²) in [5, 5.41) is 19.7. The topological polar surface area (TPSA) is 103 Å². The number of hydrogen-bond donors (Lipinski definition) is 1. The van der Waals surface area contributed by atoms with Crippen LogP contribution in [0.25, 0.3) is 31.9 Å². The maximum Gasteiger partial charge on any atom is 0.419 e. The molecule has 0 aliphatic rings. The number of aromatic amines is 1. The quantitative estimate of drug-likeness (QED) is 0.131. The molecule has 0 amide bonds. The average Bonchev–Trinajstić information content (AvgIpc) is 3.43. The van der Waals surface area contributed by atoms with Crippen molar-refractivity contribution in [2.45, 2.75) is 45.2 Å². The van der Waals surface area contributed by atoms with E-state index in [-0.39, 0.29) is 1.43 Å². The first kappa shape index (κ1) is 32.0. The van der Waals surface area contributed by atoms with Gasteiger partial charge in [0.25, 0.3) is 0 Å². The first-order valence-corrected chi connectivity index (χ1v) is 14.9. The average molecular weight is 690 g/mol. The largest absolute Gasteiger partial charge is 0.443 e. The van der Waals surface area contributed by atoms with Crippen molar-refractivity contribution in [1.82, 2.24) is 9.55 Å². The van der Waals surface area contributed by atoms with Gasteiger partial charge in [0.05, 0.1) is 29.3 Å². The molecular formula is C32H29IN6O2S. The Hall–Kier alpha value is -4.49. The molecule has 4 rings (SSSR count). The van der Waals surface area contributed by atoms with Crippen LogP contribution in [0.5, 0.6) is 0 Å². The van der Waals surface area contributed by atoms with Crippen LogP contribution in [0.1, 0.15) is 44.7 Å². The third kappa shape index (κ3) is 6.86. The number of nitrogens with one attached hydrogen (secondary N) is 1. The summed E-state index contributed by atoms with van der Waals surface area (Å²) in [7, 11) is 0. The molecule has 0 atom stereocenters. The van der Waals surface area contributed by atoms with Crippen molar-refractivity contribution in [1.29, 1.82) is 10.5 Å². The first-order valence-electron chi connectivity index (χ1n) is 12.6.